The minimum atomic E-state index is -2.02. The third-order valence-electron chi connectivity index (χ3n) is 13.5. The van der Waals surface area contributed by atoms with Gasteiger partial charge in [0.2, 0.25) is 17.7 Å². The molecule has 0 radical (unpaired) electrons. The van der Waals surface area contributed by atoms with E-state index in [1.165, 1.54) is 61.5 Å². The normalized spacial score (nSPS) is 29.2. The quantitative estimate of drug-likeness (QED) is 0.0806. The summed E-state index contributed by atoms with van der Waals surface area (Å²) in [6.07, 6.45) is 12.2. The number of epoxide rings is 1. The summed E-state index contributed by atoms with van der Waals surface area (Å²) in [5, 5.41) is 28.6. The lowest BCUT2D eigenvalue weighted by molar-refractivity contribution is -0.138. The van der Waals surface area contributed by atoms with E-state index in [1.807, 2.05) is 19.9 Å². The molecule has 4 aliphatic rings. The van der Waals surface area contributed by atoms with E-state index >= 15 is 0 Å². The van der Waals surface area contributed by atoms with Crippen molar-refractivity contribution in [2.45, 2.75) is 177 Å². The van der Waals surface area contributed by atoms with Crippen LogP contribution in [0, 0.1) is 5.92 Å². The number of ether oxygens (including phenoxy) is 3. The van der Waals surface area contributed by atoms with E-state index in [2.05, 4.69) is 17.6 Å². The molecule has 1 aromatic carbocycles. The summed E-state index contributed by atoms with van der Waals surface area (Å²) in [6.45, 7) is 7.48. The maximum atomic E-state index is 14.3. The molecule has 362 valence electrons. The van der Waals surface area contributed by atoms with Crippen molar-refractivity contribution in [1.82, 2.24) is 15.5 Å². The van der Waals surface area contributed by atoms with Crippen LogP contribution in [0.15, 0.2) is 35.9 Å². The van der Waals surface area contributed by atoms with Crippen molar-refractivity contribution in [3.63, 3.8) is 0 Å². The molecular formula is C48H71ClN4O10S2. The van der Waals surface area contributed by atoms with Crippen molar-refractivity contribution < 1.29 is 48.4 Å². The Hall–Kier alpha value is -3.28. The van der Waals surface area contributed by atoms with Crippen molar-refractivity contribution in [1.29, 1.82) is 0 Å². The van der Waals surface area contributed by atoms with Crippen LogP contribution in [0.2, 0.25) is 5.02 Å². The van der Waals surface area contributed by atoms with Crippen LogP contribution in [0.1, 0.15) is 130 Å². The van der Waals surface area contributed by atoms with Crippen LogP contribution in [-0.4, -0.2) is 119 Å². The monoisotopic (exact) mass is 962 g/mol. The van der Waals surface area contributed by atoms with Crippen LogP contribution in [0.4, 0.5) is 10.5 Å². The van der Waals surface area contributed by atoms with E-state index in [0.29, 0.717) is 30.0 Å². The Labute approximate surface area is 398 Å². The Kier molecular flexibility index (Phi) is 19.6. The fourth-order valence-corrected chi connectivity index (χ4v) is 11.6. The number of amides is 4. The van der Waals surface area contributed by atoms with Gasteiger partial charge in [-0.15, -0.1) is 0 Å². The molecule has 17 heteroatoms. The number of rotatable bonds is 14. The fourth-order valence-electron chi connectivity index (χ4n) is 9.01. The molecule has 4 amide bonds. The molecule has 14 nitrogen and oxygen atoms in total. The largest absolute Gasteiger partial charge is 0.495 e. The zero-order chi connectivity index (χ0) is 47.5. The number of nitrogens with one attached hydrogen (secondary N) is 2. The number of halogens is 1. The van der Waals surface area contributed by atoms with Gasteiger partial charge in [0, 0.05) is 75.6 Å². The van der Waals surface area contributed by atoms with E-state index < -0.39 is 47.7 Å². The minimum absolute atomic E-state index is 0.0949. The van der Waals surface area contributed by atoms with Crippen molar-refractivity contribution in [2.24, 2.45) is 5.92 Å². The maximum absolute atomic E-state index is 14.3. The first-order chi connectivity index (χ1) is 30.8. The van der Waals surface area contributed by atoms with Crippen LogP contribution in [0.3, 0.4) is 0 Å². The number of carbonyl (C=O) groups excluding carboxylic acids is 5. The Bertz CT molecular complexity index is 1910. The number of Topliss-reactive ketones (excluding diaryl/α,β-unsaturated/α-hetero) is 1. The fraction of sp³-hybridized carbons (Fsp3) is 0.688. The first kappa shape index (κ1) is 52.7. The van der Waals surface area contributed by atoms with E-state index in [9.17, 15) is 34.2 Å². The number of fused-ring (bicyclic) bond motifs is 5. The summed E-state index contributed by atoms with van der Waals surface area (Å²) in [7, 11) is 7.97. The van der Waals surface area contributed by atoms with Gasteiger partial charge in [0.05, 0.1) is 30.5 Å². The molecule has 2 saturated heterocycles. The first-order valence-electron chi connectivity index (χ1n) is 23.2. The van der Waals surface area contributed by atoms with Crippen molar-refractivity contribution in [3.05, 3.63) is 46.5 Å². The van der Waals surface area contributed by atoms with Gasteiger partial charge in [0.25, 0.3) is 0 Å². The van der Waals surface area contributed by atoms with Gasteiger partial charge in [-0.3, -0.25) is 24.5 Å². The van der Waals surface area contributed by atoms with Crippen LogP contribution in [-0.2, 0) is 35.1 Å². The highest BCUT2D eigenvalue weighted by molar-refractivity contribution is 8.76. The van der Waals surface area contributed by atoms with Crippen LogP contribution < -0.4 is 20.3 Å². The second-order valence-electron chi connectivity index (χ2n) is 18.6. The van der Waals surface area contributed by atoms with Gasteiger partial charge < -0.3 is 39.5 Å². The molecule has 4 bridgehead atoms. The maximum Gasteiger partial charge on any atom is 0.409 e. The zero-order valence-corrected chi connectivity index (χ0v) is 41.6. The minimum Gasteiger partial charge on any atom is -0.495 e. The number of methoxy groups -OCH3 is 1. The Morgan fingerprint density at radius 2 is 1.80 bits per heavy atom. The van der Waals surface area contributed by atoms with Crippen molar-refractivity contribution >= 4 is 68.5 Å². The second kappa shape index (κ2) is 24.1. The van der Waals surface area contributed by atoms with Crippen LogP contribution in [0.25, 0.3) is 0 Å². The molecule has 3 fully saturated rings. The number of aliphatic hydroxyl groups is 2. The molecule has 1 saturated carbocycles. The van der Waals surface area contributed by atoms with Gasteiger partial charge in [0.15, 0.2) is 11.5 Å². The molecule has 4 N–H and O–H groups in total. The van der Waals surface area contributed by atoms with E-state index in [1.54, 1.807) is 60.8 Å². The first-order valence-corrected chi connectivity index (χ1v) is 26.0. The number of carbonyl (C=O) groups is 5. The molecule has 1 unspecified atom stereocenters. The molecule has 0 aromatic heterocycles. The predicted octanol–water partition coefficient (Wildman–Crippen LogP) is 7.84. The number of nitrogens with zero attached hydrogens (tertiary/aromatic N) is 2. The van der Waals surface area contributed by atoms with Gasteiger partial charge in [-0.2, -0.15) is 0 Å². The Balaban J connectivity index is 1.22. The van der Waals surface area contributed by atoms with Gasteiger partial charge >= 0.3 is 6.09 Å². The van der Waals surface area contributed by atoms with E-state index in [-0.39, 0.29) is 71.9 Å². The molecule has 1 aromatic rings. The molecule has 3 heterocycles. The predicted molar refractivity (Wildman–Crippen MR) is 257 cm³/mol. The third-order valence-corrected chi connectivity index (χ3v) is 16.9. The number of hydrogen-bond donors (Lipinski definition) is 4. The average molecular weight is 964 g/mol. The smallest absolute Gasteiger partial charge is 0.409 e. The standard InChI is InChI=1S/C48H71ClN4O10S2/c1-30-15-14-18-40(55)48(60)29-36(62-46(59)51-48)28-41-47(4,63-41)34(27-44(58)53(6)37-24-33(23-30)25-39(61-7)45(37)49)26-38(54)32(3)52(5)43(57)21-22-64-65-31(2)19-20-42(56)50-35-16-12-10-8-9-11-13-17-35/h14-15,18,24-25,31-32,34-36,40-41,55,60H,8-13,16-17,19-23,26-29H2,1-7H3,(H,50,56)(H,51,59)/b18-14+,30-15+/t31?,32-,34-,36+,40+,41-,47-,48-/m0/s1. The van der Waals surface area contributed by atoms with E-state index in [4.69, 9.17) is 25.8 Å². The number of benzene rings is 1. The van der Waals surface area contributed by atoms with Crippen molar-refractivity contribution in [2.75, 3.05) is 31.9 Å². The second-order valence-corrected chi connectivity index (χ2v) is 21.9. The Morgan fingerprint density at radius 3 is 2.49 bits per heavy atom. The molecule has 65 heavy (non-hydrogen) atoms. The summed E-state index contributed by atoms with van der Waals surface area (Å²) in [6, 6.07) is 3.07. The lowest BCUT2D eigenvalue weighted by Crippen LogP contribution is -2.62. The molecule has 8 atom stereocenters. The highest BCUT2D eigenvalue weighted by Crippen LogP contribution is 2.50. The molecular weight excluding hydrogens is 892 g/mol. The summed E-state index contributed by atoms with van der Waals surface area (Å²) in [5.74, 6) is -0.402. The lowest BCUT2D eigenvalue weighted by Gasteiger charge is -2.39. The number of ketones is 1. The third kappa shape index (κ3) is 14.9. The molecule has 0 spiro atoms. The Morgan fingerprint density at radius 1 is 1.11 bits per heavy atom. The number of hydrogen-bond acceptors (Lipinski definition) is 12. The number of allylic oxidation sites excluding steroid dienone is 3. The number of anilines is 1. The van der Waals surface area contributed by atoms with Crippen LogP contribution in [0.5, 0.6) is 5.75 Å². The molecule has 1 aliphatic carbocycles. The summed E-state index contributed by atoms with van der Waals surface area (Å²) >= 11 is 6.80. The summed E-state index contributed by atoms with van der Waals surface area (Å²) in [5.41, 5.74) is -0.939. The molecule has 5 rings (SSSR count). The summed E-state index contributed by atoms with van der Waals surface area (Å²) in [4.78, 5) is 70.2. The SMILES string of the molecule is COc1cc2cc(c1Cl)N(C)C(=O)C[C@H](CC(=O)[C@H](C)N(C)C(=O)CCSSC(C)CCC(=O)NC1CCCCCCCC1)[C@]1(C)O[C@H]1C[C@@H]1C[C@@](O)(NC(=O)O1)[C@H](O)/C=C/C=C(\C)C2. The zero-order valence-electron chi connectivity index (χ0n) is 39.2. The highest BCUT2D eigenvalue weighted by Gasteiger charge is 2.60. The van der Waals surface area contributed by atoms with Crippen LogP contribution >= 0.6 is 33.2 Å². The topological polar surface area (TPSA) is 187 Å². The van der Waals surface area contributed by atoms with Gasteiger partial charge in [-0.1, -0.05) is 102 Å². The lowest BCUT2D eigenvalue weighted by atomic mass is 9.80. The van der Waals surface area contributed by atoms with Crippen molar-refractivity contribution in [3.8, 4) is 5.75 Å². The molecule has 3 aliphatic heterocycles. The highest BCUT2D eigenvalue weighted by atomic mass is 35.5. The number of aliphatic hydroxyl groups excluding tert-OH is 1. The van der Waals surface area contributed by atoms with Gasteiger partial charge in [-0.25, -0.2) is 4.79 Å². The summed E-state index contributed by atoms with van der Waals surface area (Å²) < 4.78 is 17.4. The number of alkyl carbamates (subject to hydrolysis) is 1. The van der Waals surface area contributed by atoms with Gasteiger partial charge in [0.1, 0.15) is 23.0 Å². The number of likely N-dealkylation sites (N-methyl/N-ethyl adjacent to an activating group) is 1. The van der Waals surface area contributed by atoms with Gasteiger partial charge in [-0.05, 0) is 64.2 Å². The average Bonchev–Trinajstić information content (AvgIpc) is 3.88. The van der Waals surface area contributed by atoms with E-state index in [0.717, 1.165) is 30.4 Å².